The zero-order valence-electron chi connectivity index (χ0n) is 13.1. The molecule has 0 aliphatic carbocycles. The van der Waals surface area contributed by atoms with Crippen LogP contribution in [0.1, 0.15) is 22.9 Å². The van der Waals surface area contributed by atoms with E-state index in [-0.39, 0.29) is 29.9 Å². The predicted molar refractivity (Wildman–Crippen MR) is 84.8 cm³/mol. The largest absolute Gasteiger partial charge is 0.481 e. The summed E-state index contributed by atoms with van der Waals surface area (Å²) in [6, 6.07) is 1.54. The molecular formula is C16H13F3N2O4S. The summed E-state index contributed by atoms with van der Waals surface area (Å²) in [5.74, 6) is -8.75. The van der Waals surface area contributed by atoms with Gasteiger partial charge in [0, 0.05) is 35.8 Å². The van der Waals surface area contributed by atoms with Gasteiger partial charge < -0.3 is 19.8 Å². The van der Waals surface area contributed by atoms with Crippen LogP contribution >= 0.6 is 12.2 Å². The molecule has 6 nitrogen and oxygen atoms in total. The van der Waals surface area contributed by atoms with E-state index in [4.69, 9.17) is 22.4 Å². The molecule has 10 heteroatoms. The topological polar surface area (TPSA) is 95.3 Å². The molecule has 1 aromatic carbocycles. The van der Waals surface area contributed by atoms with Crippen molar-refractivity contribution in [3.05, 3.63) is 51.3 Å². The van der Waals surface area contributed by atoms with Crippen LogP contribution in [0, 0.1) is 28.1 Å². The summed E-state index contributed by atoms with van der Waals surface area (Å²) in [6.07, 6.45) is -0.275. The van der Waals surface area contributed by atoms with Gasteiger partial charge in [0.1, 0.15) is 5.82 Å². The summed E-state index contributed by atoms with van der Waals surface area (Å²) in [4.78, 5) is 25.0. The molecule has 0 amide bonds. The number of nitrogens with zero attached hydrogens (tertiary/aromatic N) is 1. The summed E-state index contributed by atoms with van der Waals surface area (Å²) in [7, 11) is 0. The van der Waals surface area contributed by atoms with Crippen molar-refractivity contribution in [3.8, 4) is 0 Å². The second-order valence-electron chi connectivity index (χ2n) is 6.06. The van der Waals surface area contributed by atoms with Crippen LogP contribution < -0.4 is 0 Å². The Morgan fingerprint density at radius 2 is 1.85 bits per heavy atom. The number of fused-ring (bicyclic) bond motifs is 1. The van der Waals surface area contributed by atoms with E-state index in [1.165, 1.54) is 4.57 Å². The first-order valence-corrected chi connectivity index (χ1v) is 8.01. The Kier molecular flexibility index (Phi) is 4.61. The van der Waals surface area contributed by atoms with Crippen molar-refractivity contribution in [2.75, 3.05) is 0 Å². The summed E-state index contributed by atoms with van der Waals surface area (Å²) < 4.78 is 43.3. The highest BCUT2D eigenvalue weighted by Gasteiger charge is 2.34. The van der Waals surface area contributed by atoms with E-state index in [0.717, 1.165) is 6.07 Å². The number of rotatable bonds is 5. The maximum atomic E-state index is 14.1. The van der Waals surface area contributed by atoms with Crippen molar-refractivity contribution in [3.63, 3.8) is 0 Å². The Bertz CT molecular complexity index is 955. The van der Waals surface area contributed by atoms with Gasteiger partial charge in [0.2, 0.25) is 0 Å². The number of benzene rings is 1. The molecule has 0 bridgehead atoms. The number of hydrogen-bond donors (Lipinski definition) is 3. The van der Waals surface area contributed by atoms with Gasteiger partial charge in [-0.3, -0.25) is 9.59 Å². The lowest BCUT2D eigenvalue weighted by atomic mass is 9.94. The summed E-state index contributed by atoms with van der Waals surface area (Å²) in [5.41, 5.74) is 0.349. The molecule has 3 rings (SSSR count). The Labute approximate surface area is 149 Å². The van der Waals surface area contributed by atoms with Gasteiger partial charge in [0.05, 0.1) is 0 Å². The second kappa shape index (κ2) is 6.60. The Balaban J connectivity index is 1.96. The van der Waals surface area contributed by atoms with E-state index in [1.54, 1.807) is 0 Å². The van der Waals surface area contributed by atoms with E-state index < -0.39 is 46.8 Å². The molecule has 0 unspecified atom stereocenters. The Morgan fingerprint density at radius 1 is 1.23 bits per heavy atom. The molecule has 0 radical (unpaired) electrons. The minimum atomic E-state index is -1.69. The summed E-state index contributed by atoms with van der Waals surface area (Å²) in [5, 5.41) is 18.1. The van der Waals surface area contributed by atoms with Gasteiger partial charge in [-0.05, 0) is 30.8 Å². The number of carboxylic acid groups (broad SMARTS) is 2. The number of halogens is 3. The van der Waals surface area contributed by atoms with Gasteiger partial charge in [-0.2, -0.15) is 0 Å². The van der Waals surface area contributed by atoms with Gasteiger partial charge in [0.15, 0.2) is 22.3 Å². The van der Waals surface area contributed by atoms with Crippen molar-refractivity contribution in [1.82, 2.24) is 9.55 Å². The van der Waals surface area contributed by atoms with Crippen LogP contribution in [0.3, 0.4) is 0 Å². The van der Waals surface area contributed by atoms with Gasteiger partial charge in [-0.15, -0.1) is 0 Å². The average Bonchev–Trinajstić information content (AvgIpc) is 3.10. The highest BCUT2D eigenvalue weighted by molar-refractivity contribution is 7.71. The number of hydrogen-bond acceptors (Lipinski definition) is 3. The SMILES string of the molecule is O=C(O)C(Cc1[nH]c(=S)n2c1C[C@H](c1c(F)ccc(F)c1F)C2)C(=O)O. The molecule has 1 atom stereocenters. The first-order valence-electron chi connectivity index (χ1n) is 7.60. The fraction of sp³-hybridized carbons (Fsp3) is 0.312. The molecule has 138 valence electrons. The molecule has 1 aliphatic rings. The number of carbonyl (C=O) groups is 2. The quantitative estimate of drug-likeness (QED) is 0.417. The minimum absolute atomic E-state index is 0.0751. The number of aromatic nitrogens is 2. The zero-order chi connectivity index (χ0) is 19.2. The van der Waals surface area contributed by atoms with Crippen LogP contribution in [-0.2, 0) is 29.0 Å². The average molecular weight is 386 g/mol. The zero-order valence-corrected chi connectivity index (χ0v) is 13.9. The molecule has 0 saturated heterocycles. The highest BCUT2D eigenvalue weighted by Crippen LogP contribution is 2.35. The van der Waals surface area contributed by atoms with Crippen molar-refractivity contribution in [2.24, 2.45) is 5.92 Å². The van der Waals surface area contributed by atoms with Crippen LogP contribution in [0.4, 0.5) is 13.2 Å². The normalized spacial score (nSPS) is 16.1. The van der Waals surface area contributed by atoms with Crippen LogP contribution in [0.15, 0.2) is 12.1 Å². The van der Waals surface area contributed by atoms with E-state index in [2.05, 4.69) is 4.98 Å². The molecule has 1 aliphatic heterocycles. The lowest BCUT2D eigenvalue weighted by Gasteiger charge is -2.13. The van der Waals surface area contributed by atoms with Gasteiger partial charge in [0.25, 0.3) is 0 Å². The standard InChI is InChI=1S/C16H13F3N2O4S/c17-8-1-2-9(18)13(19)12(8)6-3-11-10(20-16(26)21(11)5-6)4-7(14(22)23)15(24)25/h1-2,6-7H,3-5H2,(H,20,26)(H,22,23)(H,24,25)/t6-/m0/s1. The Morgan fingerprint density at radius 3 is 2.46 bits per heavy atom. The molecule has 2 heterocycles. The van der Waals surface area contributed by atoms with Crippen molar-refractivity contribution >= 4 is 24.2 Å². The third-order valence-corrected chi connectivity index (χ3v) is 4.83. The van der Waals surface area contributed by atoms with Crippen LogP contribution in [-0.4, -0.2) is 31.7 Å². The first-order chi connectivity index (χ1) is 12.2. The lowest BCUT2D eigenvalue weighted by Crippen LogP contribution is -2.26. The van der Waals surface area contributed by atoms with E-state index in [0.29, 0.717) is 11.8 Å². The number of imidazole rings is 1. The molecule has 2 aromatic rings. The number of aromatic amines is 1. The van der Waals surface area contributed by atoms with E-state index in [9.17, 15) is 22.8 Å². The monoisotopic (exact) mass is 386 g/mol. The van der Waals surface area contributed by atoms with Crippen molar-refractivity contribution in [2.45, 2.75) is 25.3 Å². The molecular weight excluding hydrogens is 373 g/mol. The number of aliphatic carboxylic acids is 2. The van der Waals surface area contributed by atoms with E-state index >= 15 is 0 Å². The van der Waals surface area contributed by atoms with Gasteiger partial charge >= 0.3 is 11.9 Å². The lowest BCUT2D eigenvalue weighted by molar-refractivity contribution is -0.154. The molecule has 26 heavy (non-hydrogen) atoms. The maximum Gasteiger partial charge on any atom is 0.318 e. The molecule has 1 aromatic heterocycles. The first kappa shape index (κ1) is 18.2. The fourth-order valence-corrected chi connectivity index (χ4v) is 3.57. The smallest absolute Gasteiger partial charge is 0.318 e. The highest BCUT2D eigenvalue weighted by atomic mass is 32.1. The number of nitrogens with one attached hydrogen (secondary N) is 1. The summed E-state index contributed by atoms with van der Waals surface area (Å²) in [6.45, 7) is 0.0762. The van der Waals surface area contributed by atoms with Crippen LogP contribution in [0.5, 0.6) is 0 Å². The van der Waals surface area contributed by atoms with E-state index in [1.807, 2.05) is 0 Å². The molecule has 0 spiro atoms. The van der Waals surface area contributed by atoms with Gasteiger partial charge in [-0.1, -0.05) is 0 Å². The predicted octanol–water partition coefficient (Wildman–Crippen LogP) is 2.63. The third-order valence-electron chi connectivity index (χ3n) is 4.51. The minimum Gasteiger partial charge on any atom is -0.481 e. The maximum absolute atomic E-state index is 14.1. The Hall–Kier alpha value is -2.62. The van der Waals surface area contributed by atoms with Gasteiger partial charge in [-0.25, -0.2) is 13.2 Å². The van der Waals surface area contributed by atoms with Crippen molar-refractivity contribution in [1.29, 1.82) is 0 Å². The van der Waals surface area contributed by atoms with Crippen LogP contribution in [0.25, 0.3) is 0 Å². The van der Waals surface area contributed by atoms with Crippen molar-refractivity contribution < 1.29 is 33.0 Å². The number of H-pyrrole nitrogens is 1. The molecule has 0 fully saturated rings. The molecule has 3 N–H and O–H groups in total. The second-order valence-corrected chi connectivity index (χ2v) is 6.44. The summed E-state index contributed by atoms with van der Waals surface area (Å²) >= 11 is 5.13. The number of carboxylic acids is 2. The molecule has 0 saturated carbocycles. The third kappa shape index (κ3) is 3.00. The van der Waals surface area contributed by atoms with Crippen LogP contribution in [0.2, 0.25) is 0 Å². The fourth-order valence-electron chi connectivity index (χ4n) is 3.26.